The van der Waals surface area contributed by atoms with E-state index in [0.29, 0.717) is 18.7 Å². The number of urea groups is 1. The molecule has 1 aliphatic heterocycles. The van der Waals surface area contributed by atoms with Crippen LogP contribution in [0.3, 0.4) is 0 Å². The molecule has 1 saturated heterocycles. The third-order valence-electron chi connectivity index (χ3n) is 4.72. The van der Waals surface area contributed by atoms with Crippen molar-refractivity contribution in [3.63, 3.8) is 0 Å². The highest BCUT2D eigenvalue weighted by Crippen LogP contribution is 2.19. The fourth-order valence-corrected chi connectivity index (χ4v) is 3.23. The fourth-order valence-electron chi connectivity index (χ4n) is 3.23. The molecule has 1 fully saturated rings. The second-order valence-corrected chi connectivity index (χ2v) is 6.65. The van der Waals surface area contributed by atoms with Crippen LogP contribution in [0.25, 0.3) is 0 Å². The van der Waals surface area contributed by atoms with Crippen LogP contribution in [0, 0.1) is 5.82 Å². The van der Waals surface area contributed by atoms with Crippen LogP contribution in [-0.4, -0.2) is 29.9 Å². The predicted octanol–water partition coefficient (Wildman–Crippen LogP) is 3.38. The molecular weight excluding hydrogens is 345 g/mol. The van der Waals surface area contributed by atoms with Crippen LogP contribution in [0.5, 0.6) is 0 Å². The molecule has 0 bridgehead atoms. The van der Waals surface area contributed by atoms with E-state index in [2.05, 4.69) is 10.6 Å². The number of hydrogen-bond donors (Lipinski definition) is 2. The molecule has 1 atom stereocenters. The minimum absolute atomic E-state index is 0.0535. The Morgan fingerprint density at radius 3 is 2.33 bits per heavy atom. The lowest BCUT2D eigenvalue weighted by molar-refractivity contribution is -0.134. The quantitative estimate of drug-likeness (QED) is 0.849. The molecule has 3 amide bonds. The number of hydrogen-bond acceptors (Lipinski definition) is 2. The molecule has 0 spiro atoms. The molecule has 27 heavy (non-hydrogen) atoms. The average molecular weight is 369 g/mol. The predicted molar refractivity (Wildman–Crippen MR) is 101 cm³/mol. The van der Waals surface area contributed by atoms with Crippen LogP contribution >= 0.6 is 0 Å². The number of nitrogens with one attached hydrogen (secondary N) is 2. The zero-order chi connectivity index (χ0) is 19.1. The van der Waals surface area contributed by atoms with E-state index in [0.717, 1.165) is 24.8 Å². The van der Waals surface area contributed by atoms with E-state index in [1.54, 1.807) is 23.1 Å². The maximum atomic E-state index is 13.7. The van der Waals surface area contributed by atoms with E-state index < -0.39 is 12.1 Å². The molecule has 0 radical (unpaired) electrons. The summed E-state index contributed by atoms with van der Waals surface area (Å²) in [6.45, 7) is 1.47. The van der Waals surface area contributed by atoms with Crippen molar-refractivity contribution >= 4 is 11.9 Å². The molecule has 0 aromatic heterocycles. The van der Waals surface area contributed by atoms with Gasteiger partial charge in [-0.3, -0.25) is 4.79 Å². The molecule has 1 aliphatic rings. The Bertz CT molecular complexity index is 776. The van der Waals surface area contributed by atoms with Crippen molar-refractivity contribution in [3.05, 3.63) is 71.5 Å². The van der Waals surface area contributed by atoms with E-state index in [1.165, 1.54) is 6.07 Å². The first-order valence-corrected chi connectivity index (χ1v) is 9.26. The van der Waals surface area contributed by atoms with Crippen LogP contribution in [0.1, 0.15) is 36.4 Å². The summed E-state index contributed by atoms with van der Waals surface area (Å²) in [5.74, 6) is -0.483. The molecule has 0 saturated carbocycles. The molecule has 3 rings (SSSR count). The van der Waals surface area contributed by atoms with Gasteiger partial charge >= 0.3 is 6.03 Å². The molecule has 6 heteroatoms. The van der Waals surface area contributed by atoms with Crippen molar-refractivity contribution in [3.8, 4) is 0 Å². The van der Waals surface area contributed by atoms with Gasteiger partial charge in [0, 0.05) is 25.2 Å². The number of carbonyl (C=O) groups excluding carboxylic acids is 2. The smallest absolute Gasteiger partial charge is 0.315 e. The summed E-state index contributed by atoms with van der Waals surface area (Å²) in [7, 11) is 0. The first-order valence-electron chi connectivity index (χ1n) is 9.26. The summed E-state index contributed by atoms with van der Waals surface area (Å²) in [5.41, 5.74) is 1.13. The maximum absolute atomic E-state index is 13.7. The summed E-state index contributed by atoms with van der Waals surface area (Å²) < 4.78 is 13.7. The van der Waals surface area contributed by atoms with E-state index in [9.17, 15) is 14.0 Å². The van der Waals surface area contributed by atoms with Gasteiger partial charge in [0.15, 0.2) is 0 Å². The van der Waals surface area contributed by atoms with Crippen molar-refractivity contribution in [1.29, 1.82) is 0 Å². The van der Waals surface area contributed by atoms with Crippen LogP contribution in [0.15, 0.2) is 54.6 Å². The fraction of sp³-hybridized carbons (Fsp3) is 0.333. The number of benzene rings is 2. The number of likely N-dealkylation sites (tertiary alicyclic amines) is 1. The van der Waals surface area contributed by atoms with E-state index in [1.807, 2.05) is 30.3 Å². The SMILES string of the molecule is O=C(NCc1ccccc1F)NC(C(=O)N1CCCCC1)c1ccccc1. The van der Waals surface area contributed by atoms with Crippen molar-refractivity contribution < 1.29 is 14.0 Å². The summed E-state index contributed by atoms with van der Waals surface area (Å²) in [4.78, 5) is 27.2. The molecule has 2 N–H and O–H groups in total. The van der Waals surface area contributed by atoms with Gasteiger partial charge in [0.2, 0.25) is 5.91 Å². The van der Waals surface area contributed by atoms with Crippen LogP contribution in [0.4, 0.5) is 9.18 Å². The molecule has 1 heterocycles. The lowest BCUT2D eigenvalue weighted by Crippen LogP contribution is -2.47. The monoisotopic (exact) mass is 369 g/mol. The Hall–Kier alpha value is -2.89. The van der Waals surface area contributed by atoms with Crippen molar-refractivity contribution in [1.82, 2.24) is 15.5 Å². The number of rotatable bonds is 5. The van der Waals surface area contributed by atoms with Gasteiger partial charge in [-0.15, -0.1) is 0 Å². The molecule has 2 aromatic carbocycles. The third-order valence-corrected chi connectivity index (χ3v) is 4.72. The highest BCUT2D eigenvalue weighted by molar-refractivity contribution is 5.88. The van der Waals surface area contributed by atoms with Gasteiger partial charge in [-0.05, 0) is 30.9 Å². The summed E-state index contributed by atoms with van der Waals surface area (Å²) in [5, 5.41) is 5.39. The summed E-state index contributed by atoms with van der Waals surface area (Å²) in [6.07, 6.45) is 3.08. The largest absolute Gasteiger partial charge is 0.341 e. The minimum atomic E-state index is -0.759. The topological polar surface area (TPSA) is 61.4 Å². The lowest BCUT2D eigenvalue weighted by Gasteiger charge is -2.31. The van der Waals surface area contributed by atoms with Gasteiger partial charge in [-0.2, -0.15) is 0 Å². The number of nitrogens with zero attached hydrogens (tertiary/aromatic N) is 1. The number of amides is 3. The standard InChI is InChI=1S/C21H24FN3O2/c22-18-12-6-5-11-17(18)15-23-21(27)24-19(16-9-3-1-4-10-16)20(26)25-13-7-2-8-14-25/h1,3-6,9-12,19H,2,7-8,13-15H2,(H2,23,24,27). The van der Waals surface area contributed by atoms with E-state index in [4.69, 9.17) is 0 Å². The van der Waals surface area contributed by atoms with Gasteiger partial charge < -0.3 is 15.5 Å². The van der Waals surface area contributed by atoms with Crippen molar-refractivity contribution in [2.24, 2.45) is 0 Å². The molecule has 5 nitrogen and oxygen atoms in total. The highest BCUT2D eigenvalue weighted by Gasteiger charge is 2.28. The average Bonchev–Trinajstić information content (AvgIpc) is 2.72. The molecule has 2 aromatic rings. The van der Waals surface area contributed by atoms with E-state index >= 15 is 0 Å². The van der Waals surface area contributed by atoms with Crippen LogP contribution < -0.4 is 10.6 Å². The summed E-state index contributed by atoms with van der Waals surface area (Å²) >= 11 is 0. The highest BCUT2D eigenvalue weighted by atomic mass is 19.1. The number of carbonyl (C=O) groups is 2. The Kier molecular flexibility index (Phi) is 6.41. The molecular formula is C21H24FN3O2. The Labute approximate surface area is 158 Å². The Balaban J connectivity index is 1.68. The second kappa shape index (κ2) is 9.16. The number of piperidine rings is 1. The lowest BCUT2D eigenvalue weighted by atomic mass is 10.0. The summed E-state index contributed by atoms with van der Waals surface area (Å²) in [6, 6.07) is 14.2. The zero-order valence-electron chi connectivity index (χ0n) is 15.2. The molecule has 142 valence electrons. The second-order valence-electron chi connectivity index (χ2n) is 6.65. The van der Waals surface area contributed by atoms with Gasteiger partial charge in [-0.25, -0.2) is 9.18 Å². The Morgan fingerprint density at radius 2 is 1.63 bits per heavy atom. The zero-order valence-corrected chi connectivity index (χ0v) is 15.2. The van der Waals surface area contributed by atoms with Gasteiger partial charge in [0.05, 0.1) is 0 Å². The molecule has 1 unspecified atom stereocenters. The van der Waals surface area contributed by atoms with Crippen LogP contribution in [0.2, 0.25) is 0 Å². The van der Waals surface area contributed by atoms with Crippen molar-refractivity contribution in [2.75, 3.05) is 13.1 Å². The first-order chi connectivity index (χ1) is 13.1. The maximum Gasteiger partial charge on any atom is 0.315 e. The molecule has 0 aliphatic carbocycles. The van der Waals surface area contributed by atoms with Crippen LogP contribution in [-0.2, 0) is 11.3 Å². The minimum Gasteiger partial charge on any atom is -0.341 e. The van der Waals surface area contributed by atoms with Crippen molar-refractivity contribution in [2.45, 2.75) is 31.8 Å². The Morgan fingerprint density at radius 1 is 0.963 bits per heavy atom. The third kappa shape index (κ3) is 5.06. The van der Waals surface area contributed by atoms with Gasteiger partial charge in [-0.1, -0.05) is 48.5 Å². The number of halogens is 1. The van der Waals surface area contributed by atoms with Gasteiger partial charge in [0.1, 0.15) is 11.9 Å². The first kappa shape index (κ1) is 18.9. The van der Waals surface area contributed by atoms with E-state index in [-0.39, 0.29) is 18.3 Å². The normalized spacial score (nSPS) is 15.1. The van der Waals surface area contributed by atoms with Gasteiger partial charge in [0.25, 0.3) is 0 Å².